The van der Waals surface area contributed by atoms with E-state index in [4.69, 9.17) is 32.7 Å². The highest BCUT2D eigenvalue weighted by atomic mass is 35.5. The summed E-state index contributed by atoms with van der Waals surface area (Å²) in [5.74, 6) is 0.491. The Balaban J connectivity index is 1.74. The first-order valence-corrected chi connectivity index (χ1v) is 10.2. The van der Waals surface area contributed by atoms with Crippen LogP contribution < -0.4 is 14.9 Å². The number of hydrogen-bond donors (Lipinski definition) is 3. The summed E-state index contributed by atoms with van der Waals surface area (Å²) in [4.78, 5) is 0. The van der Waals surface area contributed by atoms with E-state index in [1.54, 1.807) is 32.0 Å². The number of nitrogens with one attached hydrogen (secondary N) is 1. The van der Waals surface area contributed by atoms with Crippen molar-refractivity contribution in [3.05, 3.63) is 51.8 Å². The molecule has 0 aliphatic rings. The minimum atomic E-state index is -0.131. The lowest BCUT2D eigenvalue weighted by molar-refractivity contribution is 0.318. The number of rotatable bonds is 9. The number of nitrogens with zero attached hydrogens (tertiary/aromatic N) is 5. The van der Waals surface area contributed by atoms with Crippen LogP contribution in [-0.2, 0) is 0 Å². The molecule has 12 heteroatoms. The molecule has 32 heavy (non-hydrogen) atoms. The number of hydrogen-bond acceptors (Lipinski definition) is 9. The number of aromatic hydroxyl groups is 2. The fraction of sp³-hybridized carbons (Fsp3) is 0.200. The van der Waals surface area contributed by atoms with Crippen molar-refractivity contribution < 1.29 is 19.7 Å². The second-order valence-electron chi connectivity index (χ2n) is 6.18. The van der Waals surface area contributed by atoms with Gasteiger partial charge in [0, 0.05) is 0 Å². The summed E-state index contributed by atoms with van der Waals surface area (Å²) in [7, 11) is 0. The Morgan fingerprint density at radius 2 is 1.53 bits per heavy atom. The first-order chi connectivity index (χ1) is 15.4. The van der Waals surface area contributed by atoms with E-state index in [-0.39, 0.29) is 39.0 Å². The summed E-state index contributed by atoms with van der Waals surface area (Å²) >= 11 is 12.1. The topological polar surface area (TPSA) is 126 Å². The molecule has 0 radical (unpaired) electrons. The number of ether oxygens (including phenoxy) is 2. The van der Waals surface area contributed by atoms with Crippen LogP contribution >= 0.6 is 23.2 Å². The molecule has 2 aromatic carbocycles. The Hall–Kier alpha value is -3.50. The molecule has 0 saturated heterocycles. The first-order valence-electron chi connectivity index (χ1n) is 9.47. The molecule has 0 aliphatic heterocycles. The second kappa shape index (κ2) is 10.7. The number of phenolic OH excluding ortho intramolecular Hbond substituents is 2. The average Bonchev–Trinajstić information content (AvgIpc) is 3.21. The SMILES string of the molecule is CCOc1cc(C=NNc2nncn2/N=C/c2cc(Cl)c(O)c(OCC)c2)cc(Cl)c1O. The van der Waals surface area contributed by atoms with E-state index in [0.29, 0.717) is 24.3 Å². The lowest BCUT2D eigenvalue weighted by Gasteiger charge is -2.08. The third kappa shape index (κ3) is 5.59. The molecule has 0 amide bonds. The van der Waals surface area contributed by atoms with E-state index in [2.05, 4.69) is 25.8 Å². The van der Waals surface area contributed by atoms with Gasteiger partial charge in [-0.1, -0.05) is 23.2 Å². The molecule has 0 fully saturated rings. The predicted molar refractivity (Wildman–Crippen MR) is 123 cm³/mol. The molecule has 0 unspecified atom stereocenters. The van der Waals surface area contributed by atoms with Gasteiger partial charge in [-0.3, -0.25) is 0 Å². The van der Waals surface area contributed by atoms with Gasteiger partial charge in [-0.25, -0.2) is 5.43 Å². The summed E-state index contributed by atoms with van der Waals surface area (Å²) in [5.41, 5.74) is 3.92. The number of halogens is 2. The Kier molecular flexibility index (Phi) is 7.74. The predicted octanol–water partition coefficient (Wildman–Crippen LogP) is 4.12. The van der Waals surface area contributed by atoms with Gasteiger partial charge in [0.05, 0.1) is 35.7 Å². The first kappa shape index (κ1) is 23.2. The molecule has 0 atom stereocenters. The van der Waals surface area contributed by atoms with Crippen molar-refractivity contribution in [2.75, 3.05) is 18.6 Å². The van der Waals surface area contributed by atoms with Gasteiger partial charge < -0.3 is 19.7 Å². The summed E-state index contributed by atoms with van der Waals surface area (Å²) in [6.45, 7) is 4.35. The maximum atomic E-state index is 9.94. The summed E-state index contributed by atoms with van der Waals surface area (Å²) in [5, 5.41) is 36.2. The van der Waals surface area contributed by atoms with Gasteiger partial charge in [0.1, 0.15) is 6.33 Å². The maximum absolute atomic E-state index is 9.94. The van der Waals surface area contributed by atoms with Crippen molar-refractivity contribution in [3.63, 3.8) is 0 Å². The third-order valence-electron chi connectivity index (χ3n) is 3.94. The van der Waals surface area contributed by atoms with Crippen LogP contribution in [-0.4, -0.2) is 50.7 Å². The molecule has 0 aliphatic carbocycles. The van der Waals surface area contributed by atoms with E-state index in [1.165, 1.54) is 29.5 Å². The molecule has 10 nitrogen and oxygen atoms in total. The van der Waals surface area contributed by atoms with Crippen LogP contribution in [0.25, 0.3) is 0 Å². The smallest absolute Gasteiger partial charge is 0.265 e. The quantitative estimate of drug-likeness (QED) is 0.311. The van der Waals surface area contributed by atoms with Crippen LogP contribution in [0.5, 0.6) is 23.0 Å². The minimum Gasteiger partial charge on any atom is -0.503 e. The minimum absolute atomic E-state index is 0.130. The van der Waals surface area contributed by atoms with Gasteiger partial charge in [0.25, 0.3) is 5.95 Å². The number of phenols is 2. The lowest BCUT2D eigenvalue weighted by atomic mass is 10.2. The largest absolute Gasteiger partial charge is 0.503 e. The lowest BCUT2D eigenvalue weighted by Crippen LogP contribution is -2.00. The zero-order valence-electron chi connectivity index (χ0n) is 17.2. The summed E-state index contributed by atoms with van der Waals surface area (Å²) < 4.78 is 12.1. The highest BCUT2D eigenvalue weighted by Gasteiger charge is 2.10. The molecule has 1 aromatic heterocycles. The number of anilines is 1. The highest BCUT2D eigenvalue weighted by Crippen LogP contribution is 2.35. The fourth-order valence-corrected chi connectivity index (χ4v) is 2.99. The molecule has 0 bridgehead atoms. The molecule has 3 aromatic rings. The third-order valence-corrected chi connectivity index (χ3v) is 4.52. The van der Waals surface area contributed by atoms with Gasteiger partial charge in [-0.05, 0) is 49.2 Å². The molecule has 3 rings (SSSR count). The summed E-state index contributed by atoms with van der Waals surface area (Å²) in [6.07, 6.45) is 4.36. The van der Waals surface area contributed by atoms with Crippen LogP contribution in [0.3, 0.4) is 0 Å². The molecule has 0 spiro atoms. The van der Waals surface area contributed by atoms with E-state index < -0.39 is 0 Å². The van der Waals surface area contributed by atoms with Crippen molar-refractivity contribution in [1.29, 1.82) is 0 Å². The normalized spacial score (nSPS) is 11.4. The maximum Gasteiger partial charge on any atom is 0.265 e. The Bertz CT molecular complexity index is 1150. The van der Waals surface area contributed by atoms with Gasteiger partial charge in [-0.2, -0.15) is 14.9 Å². The van der Waals surface area contributed by atoms with Crippen LogP contribution in [0.2, 0.25) is 10.0 Å². The van der Waals surface area contributed by atoms with Crippen LogP contribution in [0.1, 0.15) is 25.0 Å². The van der Waals surface area contributed by atoms with Crippen molar-refractivity contribution in [2.45, 2.75) is 13.8 Å². The van der Waals surface area contributed by atoms with E-state index in [0.717, 1.165) is 0 Å². The van der Waals surface area contributed by atoms with Crippen molar-refractivity contribution >= 4 is 41.6 Å². The van der Waals surface area contributed by atoms with E-state index in [9.17, 15) is 10.2 Å². The van der Waals surface area contributed by atoms with Gasteiger partial charge in [0.2, 0.25) is 0 Å². The molecular weight excluding hydrogens is 459 g/mol. The zero-order chi connectivity index (χ0) is 23.1. The van der Waals surface area contributed by atoms with Crippen molar-refractivity contribution in [3.8, 4) is 23.0 Å². The van der Waals surface area contributed by atoms with Gasteiger partial charge in [0.15, 0.2) is 23.0 Å². The number of aromatic nitrogens is 3. The molecule has 1 heterocycles. The Morgan fingerprint density at radius 1 is 0.969 bits per heavy atom. The number of hydrazone groups is 1. The van der Waals surface area contributed by atoms with Gasteiger partial charge >= 0.3 is 0 Å². The Labute approximate surface area is 193 Å². The fourth-order valence-electron chi connectivity index (χ4n) is 2.55. The monoisotopic (exact) mass is 478 g/mol. The van der Waals surface area contributed by atoms with Gasteiger partial charge in [-0.15, -0.1) is 10.2 Å². The molecular formula is C20H20Cl2N6O4. The summed E-state index contributed by atoms with van der Waals surface area (Å²) in [6, 6.07) is 6.29. The average molecular weight is 479 g/mol. The van der Waals surface area contributed by atoms with Crippen LogP contribution in [0, 0.1) is 0 Å². The van der Waals surface area contributed by atoms with Crippen molar-refractivity contribution in [1.82, 2.24) is 14.9 Å². The van der Waals surface area contributed by atoms with Crippen LogP contribution in [0.15, 0.2) is 40.8 Å². The molecule has 168 valence electrons. The standard InChI is InChI=1S/C20H20Cl2N6O4/c1-3-31-16-7-12(5-14(21)18(16)29)9-23-26-20-27-24-11-28(20)25-10-13-6-15(22)19(30)17(8-13)32-4-2/h5-11,29-30H,3-4H2,1-2H3,(H,26,27)/b23-9?,25-10+. The van der Waals surface area contributed by atoms with E-state index >= 15 is 0 Å². The highest BCUT2D eigenvalue weighted by molar-refractivity contribution is 6.32. The van der Waals surface area contributed by atoms with E-state index in [1.807, 2.05) is 0 Å². The molecule has 3 N–H and O–H groups in total. The zero-order valence-corrected chi connectivity index (χ0v) is 18.7. The molecule has 0 saturated carbocycles. The number of benzene rings is 2. The second-order valence-corrected chi connectivity index (χ2v) is 6.99. The van der Waals surface area contributed by atoms with Crippen molar-refractivity contribution in [2.24, 2.45) is 10.2 Å². The van der Waals surface area contributed by atoms with Crippen LogP contribution in [0.4, 0.5) is 5.95 Å². The Morgan fingerprint density at radius 3 is 2.09 bits per heavy atom.